The maximum Gasteiger partial charge on any atom is 0.257 e. The number of nitrogens with zero attached hydrogens (tertiary/aromatic N) is 2. The van der Waals surface area contributed by atoms with Crippen LogP contribution in [0.5, 0.6) is 0 Å². The minimum atomic E-state index is -3.59. The highest BCUT2D eigenvalue weighted by Crippen LogP contribution is 2.25. The molecule has 2 heterocycles. The van der Waals surface area contributed by atoms with Crippen molar-refractivity contribution in [2.24, 2.45) is 0 Å². The third-order valence-electron chi connectivity index (χ3n) is 5.22. The van der Waals surface area contributed by atoms with Crippen LogP contribution in [0, 0.1) is 6.92 Å². The Hall–Kier alpha value is -2.26. The molecule has 1 aromatic heterocycles. The van der Waals surface area contributed by atoms with E-state index in [0.29, 0.717) is 40.8 Å². The molecule has 1 aliphatic rings. The van der Waals surface area contributed by atoms with Gasteiger partial charge < -0.3 is 0 Å². The zero-order valence-electron chi connectivity index (χ0n) is 17.0. The minimum Gasteiger partial charge on any atom is -0.298 e. The second-order valence-electron chi connectivity index (χ2n) is 7.48. The Balaban J connectivity index is 1.50. The van der Waals surface area contributed by atoms with Crippen molar-refractivity contribution >= 4 is 44.0 Å². The third-order valence-corrected chi connectivity index (χ3v) is 8.28. The second-order valence-corrected chi connectivity index (χ2v) is 11.0. The summed E-state index contributed by atoms with van der Waals surface area (Å²) >= 11 is 7.31. The summed E-state index contributed by atoms with van der Waals surface area (Å²) in [6.07, 6.45) is 4.14. The van der Waals surface area contributed by atoms with Gasteiger partial charge in [0.2, 0.25) is 10.0 Å². The molecule has 3 aromatic rings. The number of nitrogens with one attached hydrogen (secondary N) is 1. The summed E-state index contributed by atoms with van der Waals surface area (Å²) in [6.45, 7) is 2.83. The van der Waals surface area contributed by atoms with Gasteiger partial charge in [0.15, 0.2) is 5.13 Å². The Morgan fingerprint density at radius 2 is 1.87 bits per heavy atom. The van der Waals surface area contributed by atoms with Crippen LogP contribution in [0.2, 0.25) is 5.02 Å². The lowest BCUT2D eigenvalue weighted by molar-refractivity contribution is 0.102. The van der Waals surface area contributed by atoms with Crippen LogP contribution in [0.1, 0.15) is 39.2 Å². The number of carbonyl (C=O) groups is 1. The van der Waals surface area contributed by atoms with Gasteiger partial charge in [-0.2, -0.15) is 4.31 Å². The number of benzene rings is 2. The predicted molar refractivity (Wildman–Crippen MR) is 123 cm³/mol. The average molecular weight is 476 g/mol. The van der Waals surface area contributed by atoms with Gasteiger partial charge in [0.1, 0.15) is 0 Å². The van der Waals surface area contributed by atoms with E-state index in [9.17, 15) is 13.2 Å². The monoisotopic (exact) mass is 475 g/mol. The lowest BCUT2D eigenvalue weighted by Crippen LogP contribution is -2.28. The number of halogens is 1. The average Bonchev–Trinajstić information content (AvgIpc) is 3.43. The third kappa shape index (κ3) is 4.98. The van der Waals surface area contributed by atoms with Crippen molar-refractivity contribution in [2.45, 2.75) is 31.1 Å². The molecule has 1 fully saturated rings. The maximum atomic E-state index is 12.9. The molecule has 31 heavy (non-hydrogen) atoms. The first-order valence-corrected chi connectivity index (χ1v) is 12.6. The number of thiazole rings is 1. The topological polar surface area (TPSA) is 79.4 Å². The Morgan fingerprint density at radius 1 is 1.16 bits per heavy atom. The molecular formula is C22H22ClN3O3S2. The largest absolute Gasteiger partial charge is 0.298 e. The van der Waals surface area contributed by atoms with Gasteiger partial charge in [-0.1, -0.05) is 29.8 Å². The number of amides is 1. The molecule has 0 saturated carbocycles. The van der Waals surface area contributed by atoms with Crippen molar-refractivity contribution in [3.05, 3.63) is 75.3 Å². The maximum absolute atomic E-state index is 12.9. The zero-order chi connectivity index (χ0) is 22.0. The molecule has 2 aromatic carbocycles. The van der Waals surface area contributed by atoms with Gasteiger partial charge in [0.25, 0.3) is 5.91 Å². The Bertz CT molecular complexity index is 1200. The van der Waals surface area contributed by atoms with Crippen LogP contribution in [0.3, 0.4) is 0 Å². The summed E-state index contributed by atoms with van der Waals surface area (Å²) in [6, 6.07) is 12.3. The lowest BCUT2D eigenvalue weighted by atomic mass is 10.1. The van der Waals surface area contributed by atoms with E-state index in [2.05, 4.69) is 10.3 Å². The molecule has 1 N–H and O–H groups in total. The van der Waals surface area contributed by atoms with Crippen molar-refractivity contribution < 1.29 is 13.2 Å². The summed E-state index contributed by atoms with van der Waals surface area (Å²) in [7, 11) is -3.59. The van der Waals surface area contributed by atoms with E-state index in [-0.39, 0.29) is 10.8 Å². The smallest absolute Gasteiger partial charge is 0.257 e. The van der Waals surface area contributed by atoms with Crippen molar-refractivity contribution in [2.75, 3.05) is 18.4 Å². The van der Waals surface area contributed by atoms with E-state index in [1.807, 2.05) is 24.3 Å². The number of aryl methyl sites for hydroxylation is 1. The van der Waals surface area contributed by atoms with Gasteiger partial charge in [0, 0.05) is 41.2 Å². The highest BCUT2D eigenvalue weighted by molar-refractivity contribution is 7.89. The van der Waals surface area contributed by atoms with Gasteiger partial charge >= 0.3 is 0 Å². The fraction of sp³-hybridized carbons (Fsp3) is 0.273. The number of carbonyl (C=O) groups excluding carboxylic acids is 1. The molecule has 162 valence electrons. The quantitative estimate of drug-likeness (QED) is 0.558. The van der Waals surface area contributed by atoms with Crippen LogP contribution < -0.4 is 5.32 Å². The number of sulfonamides is 1. The van der Waals surface area contributed by atoms with Crippen molar-refractivity contribution in [3.63, 3.8) is 0 Å². The van der Waals surface area contributed by atoms with E-state index < -0.39 is 10.0 Å². The first-order valence-electron chi connectivity index (χ1n) is 9.94. The minimum absolute atomic E-state index is 0.146. The second kappa shape index (κ2) is 9.08. The number of hydrogen-bond donors (Lipinski definition) is 1. The standard InChI is InChI=1S/C22H22ClN3O3S2/c1-15-4-9-19(31(28,29)26-10-2-3-11-26)13-20(15)21(27)25-22-24-14-18(30-22)12-16-5-7-17(23)8-6-16/h4-9,13-14H,2-3,10-12H2,1H3,(H,24,25,27). The highest BCUT2D eigenvalue weighted by Gasteiger charge is 2.28. The molecular weight excluding hydrogens is 454 g/mol. The van der Waals surface area contributed by atoms with Gasteiger partial charge in [0.05, 0.1) is 4.90 Å². The van der Waals surface area contributed by atoms with E-state index in [0.717, 1.165) is 23.3 Å². The normalized spacial score (nSPS) is 14.6. The van der Waals surface area contributed by atoms with E-state index in [1.54, 1.807) is 25.3 Å². The van der Waals surface area contributed by atoms with Crippen molar-refractivity contribution in [1.82, 2.24) is 9.29 Å². The van der Waals surface area contributed by atoms with Crippen molar-refractivity contribution in [3.8, 4) is 0 Å². The van der Waals surface area contributed by atoms with E-state index >= 15 is 0 Å². The molecule has 1 saturated heterocycles. The first kappa shape index (κ1) is 22.0. The van der Waals surface area contributed by atoms with E-state index in [4.69, 9.17) is 11.6 Å². The van der Waals surface area contributed by atoms with Crippen molar-refractivity contribution in [1.29, 1.82) is 0 Å². The summed E-state index contributed by atoms with van der Waals surface area (Å²) < 4.78 is 27.2. The lowest BCUT2D eigenvalue weighted by Gasteiger charge is -2.16. The molecule has 4 rings (SSSR count). The number of anilines is 1. The van der Waals surface area contributed by atoms with Gasteiger partial charge in [-0.05, 0) is 55.2 Å². The van der Waals surface area contributed by atoms with Gasteiger partial charge in [-0.15, -0.1) is 11.3 Å². The van der Waals surface area contributed by atoms with Crippen LogP contribution in [0.4, 0.5) is 5.13 Å². The Labute approximate surface area is 190 Å². The Kier molecular flexibility index (Phi) is 6.43. The first-order chi connectivity index (χ1) is 14.8. The fourth-order valence-electron chi connectivity index (χ4n) is 3.50. The van der Waals surface area contributed by atoms with Crippen LogP contribution in [-0.4, -0.2) is 36.7 Å². The summed E-state index contributed by atoms with van der Waals surface area (Å²) in [5.74, 6) is -0.372. The molecule has 6 nitrogen and oxygen atoms in total. The van der Waals surface area contributed by atoms with Crippen LogP contribution in [-0.2, 0) is 16.4 Å². The summed E-state index contributed by atoms with van der Waals surface area (Å²) in [4.78, 5) is 18.3. The zero-order valence-corrected chi connectivity index (χ0v) is 19.4. The summed E-state index contributed by atoms with van der Waals surface area (Å²) in [5.41, 5.74) is 2.13. The van der Waals surface area contributed by atoms with Crippen LogP contribution in [0.15, 0.2) is 53.6 Å². The molecule has 1 amide bonds. The summed E-state index contributed by atoms with van der Waals surface area (Å²) in [5, 5.41) is 3.96. The van der Waals surface area contributed by atoms with Gasteiger partial charge in [-0.3, -0.25) is 10.1 Å². The fourth-order valence-corrected chi connectivity index (χ4v) is 6.01. The molecule has 0 unspecified atom stereocenters. The molecule has 0 spiro atoms. The molecule has 9 heteroatoms. The number of hydrogen-bond acceptors (Lipinski definition) is 5. The van der Waals surface area contributed by atoms with Crippen LogP contribution in [0.25, 0.3) is 0 Å². The molecule has 0 bridgehead atoms. The molecule has 1 aliphatic heterocycles. The van der Waals surface area contributed by atoms with Crippen LogP contribution >= 0.6 is 22.9 Å². The molecule has 0 aliphatic carbocycles. The molecule has 0 radical (unpaired) electrons. The van der Waals surface area contributed by atoms with Gasteiger partial charge in [-0.25, -0.2) is 13.4 Å². The van der Waals surface area contributed by atoms with E-state index in [1.165, 1.54) is 21.7 Å². The molecule has 0 atom stereocenters. The predicted octanol–water partition coefficient (Wildman–Crippen LogP) is 4.73. The number of rotatable bonds is 6. The number of aromatic nitrogens is 1. The Morgan fingerprint density at radius 3 is 2.58 bits per heavy atom. The SMILES string of the molecule is Cc1ccc(S(=O)(=O)N2CCCC2)cc1C(=O)Nc1ncc(Cc2ccc(Cl)cc2)s1. The highest BCUT2D eigenvalue weighted by atomic mass is 35.5.